The summed E-state index contributed by atoms with van der Waals surface area (Å²) < 4.78 is 12.8. The third-order valence-corrected chi connectivity index (χ3v) is 4.05. The molecule has 0 aromatic rings. The number of hydrogen-bond donors (Lipinski definition) is 0. The zero-order chi connectivity index (χ0) is 14.6. The van der Waals surface area contributed by atoms with Crippen LogP contribution in [-0.2, 0) is 9.47 Å². The third kappa shape index (κ3) is 2.91. The minimum absolute atomic E-state index is 0.0312. The first-order valence-corrected chi connectivity index (χ1v) is 7.04. The van der Waals surface area contributed by atoms with Crippen LogP contribution in [0.1, 0.15) is 69.2 Å². The Morgan fingerprint density at radius 2 is 0.944 bits per heavy atom. The van der Waals surface area contributed by atoms with Gasteiger partial charge in [0.05, 0.1) is 12.2 Å². The van der Waals surface area contributed by atoms with Gasteiger partial charge in [-0.3, -0.25) is 0 Å². The Morgan fingerprint density at radius 3 is 1.11 bits per heavy atom. The molecule has 0 saturated carbocycles. The SMILES string of the molecule is CC(C)(C)C1OC(C)(C(C)(C)C)OC1C(C)(C)C. The van der Waals surface area contributed by atoms with Gasteiger partial charge in [0.15, 0.2) is 5.79 Å². The topological polar surface area (TPSA) is 18.5 Å². The predicted molar refractivity (Wildman–Crippen MR) is 76.5 cm³/mol. The molecule has 2 unspecified atom stereocenters. The Balaban J connectivity index is 3.13. The second-order valence-corrected chi connectivity index (χ2v) is 9.00. The van der Waals surface area contributed by atoms with E-state index in [2.05, 4.69) is 69.2 Å². The Hall–Kier alpha value is -0.0800. The molecule has 0 aromatic carbocycles. The molecule has 0 N–H and O–H groups in total. The number of rotatable bonds is 0. The monoisotopic (exact) mass is 256 g/mol. The fourth-order valence-electron chi connectivity index (χ4n) is 2.25. The van der Waals surface area contributed by atoms with Gasteiger partial charge in [-0.05, 0) is 17.8 Å². The molecule has 18 heavy (non-hydrogen) atoms. The van der Waals surface area contributed by atoms with Gasteiger partial charge >= 0.3 is 0 Å². The molecule has 0 aromatic heterocycles. The summed E-state index contributed by atoms with van der Waals surface area (Å²) in [5.41, 5.74) is 0.137. The number of ether oxygens (including phenoxy) is 2. The molecule has 108 valence electrons. The van der Waals surface area contributed by atoms with Crippen LogP contribution in [0.4, 0.5) is 0 Å². The van der Waals surface area contributed by atoms with Crippen LogP contribution in [0, 0.1) is 16.2 Å². The maximum atomic E-state index is 6.39. The van der Waals surface area contributed by atoms with E-state index in [1.54, 1.807) is 0 Å². The normalized spacial score (nSPS) is 35.0. The van der Waals surface area contributed by atoms with Crippen LogP contribution in [0.15, 0.2) is 0 Å². The molecule has 1 fully saturated rings. The van der Waals surface area contributed by atoms with Crippen LogP contribution in [0.2, 0.25) is 0 Å². The van der Waals surface area contributed by atoms with Gasteiger partial charge in [0.1, 0.15) is 0 Å². The first-order chi connectivity index (χ1) is 7.68. The van der Waals surface area contributed by atoms with Crippen molar-refractivity contribution in [3.05, 3.63) is 0 Å². The van der Waals surface area contributed by atoms with Crippen molar-refractivity contribution in [1.82, 2.24) is 0 Å². The van der Waals surface area contributed by atoms with Crippen LogP contribution in [0.25, 0.3) is 0 Å². The average Bonchev–Trinajstić information content (AvgIpc) is 2.41. The molecular weight excluding hydrogens is 224 g/mol. The minimum Gasteiger partial charge on any atom is -0.343 e. The Bertz CT molecular complexity index is 277. The van der Waals surface area contributed by atoms with Crippen molar-refractivity contribution in [2.45, 2.75) is 87.2 Å². The van der Waals surface area contributed by atoms with Crippen molar-refractivity contribution in [3.63, 3.8) is 0 Å². The lowest BCUT2D eigenvalue weighted by molar-refractivity contribution is -0.233. The summed E-state index contributed by atoms with van der Waals surface area (Å²) in [7, 11) is 0. The maximum Gasteiger partial charge on any atom is 0.171 e. The highest BCUT2D eigenvalue weighted by Crippen LogP contribution is 2.50. The molecule has 2 atom stereocenters. The first-order valence-electron chi connectivity index (χ1n) is 7.04. The molecule has 1 saturated heterocycles. The fraction of sp³-hybridized carbons (Fsp3) is 1.00. The lowest BCUT2D eigenvalue weighted by Gasteiger charge is -2.38. The van der Waals surface area contributed by atoms with E-state index in [-0.39, 0.29) is 28.5 Å². The average molecular weight is 256 g/mol. The Labute approximate surface area is 113 Å². The van der Waals surface area contributed by atoms with E-state index in [9.17, 15) is 0 Å². The summed E-state index contributed by atoms with van der Waals surface area (Å²) in [4.78, 5) is 0. The van der Waals surface area contributed by atoms with E-state index in [0.717, 1.165) is 0 Å². The molecule has 2 heteroatoms. The molecule has 0 amide bonds. The van der Waals surface area contributed by atoms with Crippen LogP contribution in [0.3, 0.4) is 0 Å². The molecule has 0 radical (unpaired) electrons. The lowest BCUT2D eigenvalue weighted by Crippen LogP contribution is -2.42. The van der Waals surface area contributed by atoms with E-state index in [4.69, 9.17) is 9.47 Å². The Kier molecular flexibility index (Phi) is 3.74. The summed E-state index contributed by atoms with van der Waals surface area (Å²) in [5.74, 6) is -0.511. The van der Waals surface area contributed by atoms with Gasteiger partial charge in [0.25, 0.3) is 0 Å². The lowest BCUT2D eigenvalue weighted by atomic mass is 9.76. The molecule has 2 nitrogen and oxygen atoms in total. The van der Waals surface area contributed by atoms with E-state index < -0.39 is 5.79 Å². The molecule has 0 bridgehead atoms. The summed E-state index contributed by atoms with van der Waals surface area (Å²) >= 11 is 0. The van der Waals surface area contributed by atoms with Crippen molar-refractivity contribution in [2.75, 3.05) is 0 Å². The van der Waals surface area contributed by atoms with E-state index >= 15 is 0 Å². The van der Waals surface area contributed by atoms with Crippen molar-refractivity contribution in [3.8, 4) is 0 Å². The molecule has 1 aliphatic rings. The third-order valence-electron chi connectivity index (χ3n) is 4.05. The zero-order valence-corrected chi connectivity index (χ0v) is 14.0. The largest absolute Gasteiger partial charge is 0.343 e. The summed E-state index contributed by atoms with van der Waals surface area (Å²) in [6, 6.07) is 0. The summed E-state index contributed by atoms with van der Waals surface area (Å²) in [5, 5.41) is 0. The molecule has 1 heterocycles. The second-order valence-electron chi connectivity index (χ2n) is 9.00. The van der Waals surface area contributed by atoms with E-state index in [1.807, 2.05) is 0 Å². The van der Waals surface area contributed by atoms with Crippen LogP contribution >= 0.6 is 0 Å². The summed E-state index contributed by atoms with van der Waals surface area (Å²) in [6.07, 6.45) is 0.253. The molecule has 0 aliphatic carbocycles. The van der Waals surface area contributed by atoms with Crippen molar-refractivity contribution in [1.29, 1.82) is 0 Å². The molecular formula is C16H32O2. The number of hydrogen-bond acceptors (Lipinski definition) is 2. The smallest absolute Gasteiger partial charge is 0.171 e. The van der Waals surface area contributed by atoms with Gasteiger partial charge in [-0.25, -0.2) is 0 Å². The highest BCUT2D eigenvalue weighted by Gasteiger charge is 2.56. The summed E-state index contributed by atoms with van der Waals surface area (Å²) in [6.45, 7) is 22.0. The van der Waals surface area contributed by atoms with Crippen LogP contribution in [-0.4, -0.2) is 18.0 Å². The van der Waals surface area contributed by atoms with Gasteiger partial charge < -0.3 is 9.47 Å². The van der Waals surface area contributed by atoms with Crippen molar-refractivity contribution < 1.29 is 9.47 Å². The highest BCUT2D eigenvalue weighted by molar-refractivity contribution is 4.98. The van der Waals surface area contributed by atoms with Crippen molar-refractivity contribution in [2.24, 2.45) is 16.2 Å². The van der Waals surface area contributed by atoms with E-state index in [0.29, 0.717) is 0 Å². The van der Waals surface area contributed by atoms with Gasteiger partial charge in [0, 0.05) is 5.41 Å². The standard InChI is InChI=1S/C16H32O2/c1-13(2,3)11-12(14(4,5)6)18-16(10,17-11)15(7,8)9/h11-12H,1-10H3. The van der Waals surface area contributed by atoms with Gasteiger partial charge in [-0.2, -0.15) is 0 Å². The quantitative estimate of drug-likeness (QED) is 0.629. The van der Waals surface area contributed by atoms with Crippen LogP contribution < -0.4 is 0 Å². The van der Waals surface area contributed by atoms with Crippen LogP contribution in [0.5, 0.6) is 0 Å². The molecule has 1 aliphatic heterocycles. The minimum atomic E-state index is -0.511. The molecule has 0 spiro atoms. The van der Waals surface area contributed by atoms with Gasteiger partial charge in [-0.1, -0.05) is 62.3 Å². The maximum absolute atomic E-state index is 6.39. The zero-order valence-electron chi connectivity index (χ0n) is 14.0. The van der Waals surface area contributed by atoms with Gasteiger partial charge in [0.2, 0.25) is 0 Å². The second kappa shape index (κ2) is 4.21. The predicted octanol–water partition coefficient (Wildman–Crippen LogP) is 4.62. The van der Waals surface area contributed by atoms with Crippen molar-refractivity contribution >= 4 is 0 Å². The van der Waals surface area contributed by atoms with E-state index in [1.165, 1.54) is 0 Å². The Morgan fingerprint density at radius 1 is 0.667 bits per heavy atom. The highest BCUT2D eigenvalue weighted by atomic mass is 16.8. The first kappa shape index (κ1) is 16.0. The van der Waals surface area contributed by atoms with Gasteiger partial charge in [-0.15, -0.1) is 0 Å². The molecule has 1 rings (SSSR count). The fourth-order valence-corrected chi connectivity index (χ4v) is 2.25.